The van der Waals surface area contributed by atoms with Gasteiger partial charge in [0.05, 0.1) is 12.0 Å². The van der Waals surface area contributed by atoms with Crippen LogP contribution in [0.4, 0.5) is 4.79 Å². The first-order valence-electron chi connectivity index (χ1n) is 13.2. The number of hydrogen-bond donors (Lipinski definition) is 3. The van der Waals surface area contributed by atoms with Gasteiger partial charge < -0.3 is 25.0 Å². The van der Waals surface area contributed by atoms with Crippen LogP contribution in [0, 0.1) is 11.3 Å². The van der Waals surface area contributed by atoms with Gasteiger partial charge >= 0.3 is 13.2 Å². The summed E-state index contributed by atoms with van der Waals surface area (Å²) in [4.78, 5) is 29.8. The predicted molar refractivity (Wildman–Crippen MR) is 141 cm³/mol. The van der Waals surface area contributed by atoms with E-state index in [1.54, 1.807) is 11.0 Å². The second-order valence-electron chi connectivity index (χ2n) is 10.5. The Bertz CT molecular complexity index is 973. The van der Waals surface area contributed by atoms with Crippen LogP contribution in [0.15, 0.2) is 42.0 Å². The molecular weight excluding hydrogens is 471 g/mol. The third kappa shape index (κ3) is 8.32. The first-order valence-corrected chi connectivity index (χ1v) is 13.2. The Balaban J connectivity index is 1.61. The number of piperidine rings is 2. The zero-order chi connectivity index (χ0) is 26.8. The smallest absolute Gasteiger partial charge is 0.447 e. The molecule has 2 fully saturated rings. The van der Waals surface area contributed by atoms with E-state index in [9.17, 15) is 24.9 Å². The number of carbonyl (C=O) groups is 2. The number of likely N-dealkylation sites (tertiary alicyclic amines) is 2. The van der Waals surface area contributed by atoms with Crippen molar-refractivity contribution in [2.45, 2.75) is 76.3 Å². The van der Waals surface area contributed by atoms with Crippen LogP contribution in [0.3, 0.4) is 0 Å². The fourth-order valence-corrected chi connectivity index (χ4v) is 5.12. The Morgan fingerprint density at radius 3 is 2.49 bits per heavy atom. The van der Waals surface area contributed by atoms with Crippen LogP contribution in [0.5, 0.6) is 0 Å². The third-order valence-electron chi connectivity index (χ3n) is 7.28. The number of carbonyl (C=O) groups excluding carboxylic acids is 2. The molecule has 1 aromatic carbocycles. The maximum absolute atomic E-state index is 13.4. The zero-order valence-electron chi connectivity index (χ0n) is 21.9. The molecule has 37 heavy (non-hydrogen) atoms. The SMILES string of the molecule is CC(C)(C=C(C#N)C(=O)N1CCCCC1COC(=O)NC(Cc1ccccc1)B(O)O)N1CCCCC1. The first-order chi connectivity index (χ1) is 17.7. The number of nitriles is 1. The lowest BCUT2D eigenvalue weighted by Crippen LogP contribution is -2.50. The molecule has 0 bridgehead atoms. The molecular formula is C27H39BN4O5. The van der Waals surface area contributed by atoms with Gasteiger partial charge in [-0.15, -0.1) is 0 Å². The van der Waals surface area contributed by atoms with Gasteiger partial charge in [0.25, 0.3) is 5.91 Å². The first kappa shape index (κ1) is 28.7. The lowest BCUT2D eigenvalue weighted by Gasteiger charge is -2.40. The van der Waals surface area contributed by atoms with Gasteiger partial charge in [0.15, 0.2) is 0 Å². The molecule has 0 spiro atoms. The normalized spacial score (nSPS) is 20.0. The van der Waals surface area contributed by atoms with Crippen LogP contribution < -0.4 is 5.32 Å². The van der Waals surface area contributed by atoms with Crippen LogP contribution >= 0.6 is 0 Å². The van der Waals surface area contributed by atoms with Gasteiger partial charge in [-0.05, 0) is 77.1 Å². The number of alkyl carbamates (subject to hydrolysis) is 1. The highest BCUT2D eigenvalue weighted by Gasteiger charge is 2.33. The monoisotopic (exact) mass is 510 g/mol. The number of benzene rings is 1. The Labute approximate surface area is 220 Å². The average molecular weight is 510 g/mol. The molecule has 2 atom stereocenters. The summed E-state index contributed by atoms with van der Waals surface area (Å²) >= 11 is 0. The summed E-state index contributed by atoms with van der Waals surface area (Å²) in [7, 11) is -1.76. The Hall–Kier alpha value is -2.87. The fourth-order valence-electron chi connectivity index (χ4n) is 5.12. The summed E-state index contributed by atoms with van der Waals surface area (Å²) in [6.45, 7) is 6.41. The molecule has 2 heterocycles. The van der Waals surface area contributed by atoms with Crippen LogP contribution in [0.1, 0.15) is 57.9 Å². The van der Waals surface area contributed by atoms with E-state index in [-0.39, 0.29) is 30.5 Å². The summed E-state index contributed by atoms with van der Waals surface area (Å²) in [6.07, 6.45) is 7.00. The highest BCUT2D eigenvalue weighted by Crippen LogP contribution is 2.25. The number of ether oxygens (including phenoxy) is 1. The molecule has 0 saturated carbocycles. The van der Waals surface area contributed by atoms with E-state index < -0.39 is 24.7 Å². The second kappa shape index (κ2) is 13.6. The molecule has 2 saturated heterocycles. The lowest BCUT2D eigenvalue weighted by molar-refractivity contribution is -0.131. The average Bonchev–Trinajstić information content (AvgIpc) is 2.91. The van der Waals surface area contributed by atoms with Crippen LogP contribution in [-0.4, -0.2) is 82.7 Å². The van der Waals surface area contributed by atoms with Gasteiger partial charge in [-0.1, -0.05) is 36.8 Å². The molecule has 0 aliphatic carbocycles. The fraction of sp³-hybridized carbons (Fsp3) is 0.593. The van der Waals surface area contributed by atoms with Gasteiger partial charge in [-0.3, -0.25) is 9.69 Å². The number of amides is 2. The van der Waals surface area contributed by atoms with E-state index in [0.29, 0.717) is 13.0 Å². The van der Waals surface area contributed by atoms with Gasteiger partial charge in [-0.25, -0.2) is 4.79 Å². The molecule has 200 valence electrons. The Morgan fingerprint density at radius 1 is 1.16 bits per heavy atom. The maximum Gasteiger partial charge on any atom is 0.475 e. The molecule has 2 aliphatic heterocycles. The van der Waals surface area contributed by atoms with Crippen molar-refractivity contribution in [2.24, 2.45) is 0 Å². The molecule has 0 radical (unpaired) electrons. The predicted octanol–water partition coefficient (Wildman–Crippen LogP) is 2.43. The largest absolute Gasteiger partial charge is 0.475 e. The molecule has 2 amide bonds. The zero-order valence-corrected chi connectivity index (χ0v) is 21.9. The Kier molecular flexibility index (Phi) is 10.6. The van der Waals surface area contributed by atoms with E-state index >= 15 is 0 Å². The van der Waals surface area contributed by atoms with Crippen molar-refractivity contribution in [2.75, 3.05) is 26.2 Å². The molecule has 9 nitrogen and oxygen atoms in total. The van der Waals surface area contributed by atoms with Crippen LogP contribution in [0.25, 0.3) is 0 Å². The van der Waals surface area contributed by atoms with Crippen LogP contribution in [-0.2, 0) is 16.0 Å². The van der Waals surface area contributed by atoms with Crippen molar-refractivity contribution >= 4 is 19.1 Å². The van der Waals surface area contributed by atoms with Gasteiger partial charge in [0.1, 0.15) is 18.2 Å². The van der Waals surface area contributed by atoms with E-state index in [1.807, 2.05) is 44.2 Å². The number of nitrogens with zero attached hydrogens (tertiary/aromatic N) is 3. The lowest BCUT2D eigenvalue weighted by atomic mass is 9.76. The van der Waals surface area contributed by atoms with Gasteiger partial charge in [0.2, 0.25) is 0 Å². The Morgan fingerprint density at radius 2 is 1.84 bits per heavy atom. The van der Waals surface area contributed by atoms with Gasteiger partial charge in [-0.2, -0.15) is 5.26 Å². The van der Waals surface area contributed by atoms with E-state index in [0.717, 1.165) is 44.3 Å². The quantitative estimate of drug-likeness (QED) is 0.265. The summed E-state index contributed by atoms with van der Waals surface area (Å²) in [5.41, 5.74) is 0.535. The molecule has 2 aliphatic rings. The molecule has 3 N–H and O–H groups in total. The molecule has 0 aromatic heterocycles. The minimum atomic E-state index is -1.76. The number of rotatable bonds is 9. The van der Waals surface area contributed by atoms with Crippen molar-refractivity contribution in [1.29, 1.82) is 5.26 Å². The van der Waals surface area contributed by atoms with Crippen molar-refractivity contribution in [3.8, 4) is 6.07 Å². The summed E-state index contributed by atoms with van der Waals surface area (Å²) < 4.78 is 5.41. The molecule has 1 aromatic rings. The van der Waals surface area contributed by atoms with Crippen molar-refractivity contribution in [3.63, 3.8) is 0 Å². The number of nitrogens with one attached hydrogen (secondary N) is 1. The summed E-state index contributed by atoms with van der Waals surface area (Å²) in [5.74, 6) is -1.28. The summed E-state index contributed by atoms with van der Waals surface area (Å²) in [5, 5.41) is 31.8. The van der Waals surface area contributed by atoms with E-state index in [4.69, 9.17) is 4.74 Å². The molecule has 3 rings (SSSR count). The summed E-state index contributed by atoms with van der Waals surface area (Å²) in [6, 6.07) is 10.9. The molecule has 10 heteroatoms. The highest BCUT2D eigenvalue weighted by molar-refractivity contribution is 6.43. The van der Waals surface area contributed by atoms with Crippen molar-refractivity contribution in [3.05, 3.63) is 47.5 Å². The second-order valence-corrected chi connectivity index (χ2v) is 10.5. The number of hydrogen-bond acceptors (Lipinski definition) is 7. The minimum absolute atomic E-state index is 0.0363. The van der Waals surface area contributed by atoms with Crippen molar-refractivity contribution in [1.82, 2.24) is 15.1 Å². The third-order valence-corrected chi connectivity index (χ3v) is 7.28. The minimum Gasteiger partial charge on any atom is -0.447 e. The van der Waals surface area contributed by atoms with E-state index in [1.165, 1.54) is 6.42 Å². The van der Waals surface area contributed by atoms with E-state index in [2.05, 4.69) is 16.3 Å². The molecule has 2 unspecified atom stereocenters. The highest BCUT2D eigenvalue weighted by atomic mass is 16.5. The maximum atomic E-state index is 13.4. The topological polar surface area (TPSA) is 126 Å². The van der Waals surface area contributed by atoms with Crippen LogP contribution in [0.2, 0.25) is 0 Å². The van der Waals surface area contributed by atoms with Crippen molar-refractivity contribution < 1.29 is 24.4 Å². The standard InChI is InChI=1S/C27H39BN4O5/c1-27(2,31-14-8-4-9-15-31)18-22(19-29)25(33)32-16-10-7-13-23(32)20-37-26(34)30-24(28(35)36)17-21-11-5-3-6-12-21/h3,5-6,11-12,18,23-24,35-36H,4,7-10,13-17,20H2,1-2H3,(H,30,34). The van der Waals surface area contributed by atoms with Gasteiger partial charge in [0, 0.05) is 12.1 Å².